The van der Waals surface area contributed by atoms with Crippen molar-refractivity contribution in [2.24, 2.45) is 0 Å². The molecular weight excluding hydrogens is 167 g/mol. The molecule has 0 fully saturated rings. The van der Waals surface area contributed by atoms with Gasteiger partial charge in [-0.1, -0.05) is 20.8 Å². The lowest BCUT2D eigenvalue weighted by Crippen LogP contribution is -2.20. The molecule has 0 aromatic heterocycles. The minimum absolute atomic E-state index is 0.256. The standard InChI is InChI=1S/C7H13FO2S/c1-7(2,3)11-5(8)6(9)10-4/h5H,1-4H3. The van der Waals surface area contributed by atoms with Crippen molar-refractivity contribution < 1.29 is 13.9 Å². The Kier molecular flexibility index (Phi) is 3.86. The van der Waals surface area contributed by atoms with Crippen molar-refractivity contribution in [2.45, 2.75) is 31.0 Å². The summed E-state index contributed by atoms with van der Waals surface area (Å²) in [6, 6.07) is 0. The first kappa shape index (κ1) is 10.8. The normalized spacial score (nSPS) is 14.3. The summed E-state index contributed by atoms with van der Waals surface area (Å²) >= 11 is 0.948. The van der Waals surface area contributed by atoms with E-state index in [2.05, 4.69) is 4.74 Å². The van der Waals surface area contributed by atoms with Gasteiger partial charge < -0.3 is 4.74 Å². The topological polar surface area (TPSA) is 26.3 Å². The third-order valence-electron chi connectivity index (χ3n) is 0.844. The molecular formula is C7H13FO2S. The van der Waals surface area contributed by atoms with Crippen molar-refractivity contribution in [3.05, 3.63) is 0 Å². The Morgan fingerprint density at radius 2 is 2.00 bits per heavy atom. The zero-order valence-electron chi connectivity index (χ0n) is 7.18. The largest absolute Gasteiger partial charge is 0.466 e. The maximum atomic E-state index is 12.8. The second-order valence-electron chi connectivity index (χ2n) is 3.07. The Bertz CT molecular complexity index is 142. The second kappa shape index (κ2) is 3.95. The maximum absolute atomic E-state index is 12.8. The van der Waals surface area contributed by atoms with Crippen molar-refractivity contribution >= 4 is 17.7 Å². The summed E-state index contributed by atoms with van der Waals surface area (Å²) in [6.07, 6.45) is 0. The number of carbonyl (C=O) groups is 1. The Morgan fingerprint density at radius 1 is 1.55 bits per heavy atom. The number of thioether (sulfide) groups is 1. The predicted octanol–water partition coefficient (Wildman–Crippen LogP) is 1.99. The van der Waals surface area contributed by atoms with E-state index < -0.39 is 11.5 Å². The minimum atomic E-state index is -1.57. The van der Waals surface area contributed by atoms with E-state index in [-0.39, 0.29) is 4.75 Å². The maximum Gasteiger partial charge on any atom is 0.351 e. The Balaban J connectivity index is 3.87. The van der Waals surface area contributed by atoms with E-state index in [0.29, 0.717) is 0 Å². The number of halogens is 1. The molecule has 2 nitrogen and oxygen atoms in total. The molecule has 0 saturated carbocycles. The van der Waals surface area contributed by atoms with E-state index in [1.54, 1.807) is 0 Å². The molecule has 1 unspecified atom stereocenters. The highest BCUT2D eigenvalue weighted by Crippen LogP contribution is 2.29. The number of hydrogen-bond acceptors (Lipinski definition) is 3. The van der Waals surface area contributed by atoms with Gasteiger partial charge in [0.25, 0.3) is 0 Å². The van der Waals surface area contributed by atoms with Crippen molar-refractivity contribution in [1.82, 2.24) is 0 Å². The van der Waals surface area contributed by atoms with Crippen LogP contribution in [-0.2, 0) is 9.53 Å². The molecule has 1 atom stereocenters. The molecule has 0 amide bonds. The monoisotopic (exact) mass is 180 g/mol. The first-order valence-corrected chi connectivity index (χ1v) is 4.14. The third-order valence-corrected chi connectivity index (χ3v) is 1.95. The molecule has 66 valence electrons. The summed E-state index contributed by atoms with van der Waals surface area (Å²) in [5.74, 6) is -0.815. The summed E-state index contributed by atoms with van der Waals surface area (Å²) in [4.78, 5) is 10.6. The second-order valence-corrected chi connectivity index (χ2v) is 4.94. The molecule has 4 heteroatoms. The first-order valence-electron chi connectivity index (χ1n) is 3.26. The van der Waals surface area contributed by atoms with E-state index in [1.165, 1.54) is 7.11 Å². The molecule has 0 aliphatic rings. The van der Waals surface area contributed by atoms with Crippen LogP contribution in [0.4, 0.5) is 4.39 Å². The summed E-state index contributed by atoms with van der Waals surface area (Å²) < 4.78 is 16.7. The molecule has 0 spiro atoms. The van der Waals surface area contributed by atoms with Crippen LogP contribution >= 0.6 is 11.8 Å². The quantitative estimate of drug-likeness (QED) is 0.608. The molecule has 0 aromatic carbocycles. The summed E-state index contributed by atoms with van der Waals surface area (Å²) in [6.45, 7) is 5.52. The Hall–Kier alpha value is -0.250. The fraction of sp³-hybridized carbons (Fsp3) is 0.857. The highest BCUT2D eigenvalue weighted by atomic mass is 32.2. The summed E-state index contributed by atoms with van der Waals surface area (Å²) in [7, 11) is 1.18. The van der Waals surface area contributed by atoms with E-state index >= 15 is 0 Å². The van der Waals surface area contributed by atoms with Gasteiger partial charge in [0, 0.05) is 4.75 Å². The van der Waals surface area contributed by atoms with Crippen LogP contribution in [0.25, 0.3) is 0 Å². The van der Waals surface area contributed by atoms with Gasteiger partial charge in [0.1, 0.15) is 0 Å². The lowest BCUT2D eigenvalue weighted by atomic mass is 10.3. The molecule has 0 N–H and O–H groups in total. The lowest BCUT2D eigenvalue weighted by Gasteiger charge is -2.18. The summed E-state index contributed by atoms with van der Waals surface area (Å²) in [5.41, 5.74) is -1.57. The summed E-state index contributed by atoms with van der Waals surface area (Å²) in [5, 5.41) is 0. The van der Waals surface area contributed by atoms with Gasteiger partial charge in [0.05, 0.1) is 7.11 Å². The number of methoxy groups -OCH3 is 1. The van der Waals surface area contributed by atoms with Gasteiger partial charge in [-0.05, 0) is 0 Å². The average Bonchev–Trinajstić information content (AvgIpc) is 1.82. The van der Waals surface area contributed by atoms with Gasteiger partial charge >= 0.3 is 5.97 Å². The predicted molar refractivity (Wildman–Crippen MR) is 44.3 cm³/mol. The van der Waals surface area contributed by atoms with Crippen LogP contribution in [0.15, 0.2) is 0 Å². The zero-order valence-corrected chi connectivity index (χ0v) is 8.00. The van der Waals surface area contributed by atoms with Crippen LogP contribution in [0.2, 0.25) is 0 Å². The van der Waals surface area contributed by atoms with Crippen molar-refractivity contribution in [1.29, 1.82) is 0 Å². The van der Waals surface area contributed by atoms with Crippen molar-refractivity contribution in [3.63, 3.8) is 0 Å². The van der Waals surface area contributed by atoms with E-state index in [4.69, 9.17) is 0 Å². The van der Waals surface area contributed by atoms with Crippen molar-refractivity contribution in [2.75, 3.05) is 7.11 Å². The fourth-order valence-electron chi connectivity index (χ4n) is 0.451. The molecule has 0 aromatic rings. The SMILES string of the molecule is COC(=O)C(F)SC(C)(C)C. The number of alkyl halides is 1. The Labute approximate surface area is 70.5 Å². The van der Waals surface area contributed by atoms with Gasteiger partial charge in [-0.25, -0.2) is 9.18 Å². The highest BCUT2D eigenvalue weighted by molar-refractivity contribution is 8.01. The van der Waals surface area contributed by atoms with E-state index in [0.717, 1.165) is 11.8 Å². The van der Waals surface area contributed by atoms with Gasteiger partial charge in [0.2, 0.25) is 5.50 Å². The van der Waals surface area contributed by atoms with Gasteiger partial charge in [-0.15, -0.1) is 11.8 Å². The molecule has 11 heavy (non-hydrogen) atoms. The van der Waals surface area contributed by atoms with Crippen LogP contribution < -0.4 is 0 Å². The molecule has 0 bridgehead atoms. The van der Waals surface area contributed by atoms with Crippen LogP contribution in [0, 0.1) is 0 Å². The highest BCUT2D eigenvalue weighted by Gasteiger charge is 2.25. The molecule has 0 saturated heterocycles. The minimum Gasteiger partial charge on any atom is -0.466 e. The average molecular weight is 180 g/mol. The zero-order chi connectivity index (χ0) is 9.07. The van der Waals surface area contributed by atoms with Crippen LogP contribution in [0.3, 0.4) is 0 Å². The Morgan fingerprint density at radius 3 is 2.27 bits per heavy atom. The third kappa shape index (κ3) is 5.07. The van der Waals surface area contributed by atoms with Gasteiger partial charge in [0.15, 0.2) is 0 Å². The molecule has 0 aliphatic heterocycles. The molecule has 0 radical (unpaired) electrons. The van der Waals surface area contributed by atoms with Gasteiger partial charge in [-0.3, -0.25) is 0 Å². The molecule has 0 heterocycles. The number of ether oxygens (including phenoxy) is 1. The fourth-order valence-corrected chi connectivity index (χ4v) is 1.26. The van der Waals surface area contributed by atoms with Crippen molar-refractivity contribution in [3.8, 4) is 0 Å². The molecule has 0 rings (SSSR count). The number of esters is 1. The van der Waals surface area contributed by atoms with E-state index in [9.17, 15) is 9.18 Å². The van der Waals surface area contributed by atoms with E-state index in [1.807, 2.05) is 20.8 Å². The number of hydrogen-bond donors (Lipinski definition) is 0. The van der Waals surface area contributed by atoms with Crippen LogP contribution in [0.5, 0.6) is 0 Å². The number of rotatable bonds is 2. The molecule has 0 aliphatic carbocycles. The first-order chi connectivity index (χ1) is 4.87. The van der Waals surface area contributed by atoms with Crippen LogP contribution in [0.1, 0.15) is 20.8 Å². The van der Waals surface area contributed by atoms with Gasteiger partial charge in [-0.2, -0.15) is 0 Å². The number of carbonyl (C=O) groups excluding carboxylic acids is 1. The van der Waals surface area contributed by atoms with Crippen LogP contribution in [-0.4, -0.2) is 23.3 Å². The smallest absolute Gasteiger partial charge is 0.351 e. The lowest BCUT2D eigenvalue weighted by molar-refractivity contribution is -0.143.